The van der Waals surface area contributed by atoms with Gasteiger partial charge in [0, 0.05) is 47.3 Å². The number of fused-ring (bicyclic) bond motifs is 3. The molecular weight excluding hydrogens is 574 g/mol. The van der Waals surface area contributed by atoms with Crippen LogP contribution in [0.2, 0.25) is 0 Å². The van der Waals surface area contributed by atoms with E-state index in [1.165, 1.54) is 33.4 Å². The fourth-order valence-electron chi connectivity index (χ4n) is 6.44. The van der Waals surface area contributed by atoms with E-state index in [2.05, 4.69) is 174 Å². The predicted molar refractivity (Wildman–Crippen MR) is 191 cm³/mol. The summed E-state index contributed by atoms with van der Waals surface area (Å²) >= 11 is 0. The van der Waals surface area contributed by atoms with Crippen molar-refractivity contribution in [3.63, 3.8) is 0 Å². The van der Waals surface area contributed by atoms with Crippen LogP contribution in [0.15, 0.2) is 156 Å². The van der Waals surface area contributed by atoms with Crippen LogP contribution in [-0.4, -0.2) is 4.98 Å². The zero-order valence-corrected chi connectivity index (χ0v) is 26.3. The SMILES string of the molecule is Cc1ccc(-c2cccc(-c3ccccc3)c2)cc1-c1cccc[n+]1/C=C\c1ccc2c(oc3ncccc32)c1-c1cccc[n+]1C. The number of furan rings is 1. The molecule has 0 amide bonds. The highest BCUT2D eigenvalue weighted by Crippen LogP contribution is 2.37. The van der Waals surface area contributed by atoms with E-state index in [0.717, 1.165) is 38.9 Å². The van der Waals surface area contributed by atoms with Crippen molar-refractivity contribution < 1.29 is 13.6 Å². The molecule has 0 N–H and O–H groups in total. The molecule has 4 heterocycles. The van der Waals surface area contributed by atoms with Gasteiger partial charge in [-0.15, -0.1) is 0 Å². The lowest BCUT2D eigenvalue weighted by Gasteiger charge is -2.10. The fourth-order valence-corrected chi connectivity index (χ4v) is 6.44. The summed E-state index contributed by atoms with van der Waals surface area (Å²) in [6.07, 6.45) is 10.3. The van der Waals surface area contributed by atoms with Crippen LogP contribution in [0.4, 0.5) is 0 Å². The van der Waals surface area contributed by atoms with Crippen LogP contribution in [0.1, 0.15) is 11.1 Å². The van der Waals surface area contributed by atoms with E-state index in [1.54, 1.807) is 6.20 Å². The molecule has 0 atom stereocenters. The van der Waals surface area contributed by atoms with Gasteiger partial charge >= 0.3 is 0 Å². The molecule has 4 nitrogen and oxygen atoms in total. The average Bonchev–Trinajstić information content (AvgIpc) is 3.50. The van der Waals surface area contributed by atoms with Gasteiger partial charge in [0.25, 0.3) is 0 Å². The molecule has 224 valence electrons. The van der Waals surface area contributed by atoms with Crippen molar-refractivity contribution in [1.82, 2.24) is 4.98 Å². The topological polar surface area (TPSA) is 33.8 Å². The highest BCUT2D eigenvalue weighted by molar-refractivity contribution is 6.09. The second-order valence-electron chi connectivity index (χ2n) is 11.8. The van der Waals surface area contributed by atoms with Crippen molar-refractivity contribution in [3.05, 3.63) is 163 Å². The van der Waals surface area contributed by atoms with Gasteiger partial charge in [-0.25, -0.2) is 9.55 Å². The minimum Gasteiger partial charge on any atom is -0.437 e. The molecule has 8 aromatic rings. The molecule has 0 aliphatic heterocycles. The molecule has 0 bridgehead atoms. The first-order valence-corrected chi connectivity index (χ1v) is 15.8. The molecule has 0 saturated heterocycles. The zero-order chi connectivity index (χ0) is 31.7. The average molecular weight is 608 g/mol. The zero-order valence-electron chi connectivity index (χ0n) is 26.3. The smallest absolute Gasteiger partial charge is 0.227 e. The highest BCUT2D eigenvalue weighted by atomic mass is 16.3. The van der Waals surface area contributed by atoms with Crippen LogP contribution in [0, 0.1) is 6.92 Å². The molecule has 0 unspecified atom stereocenters. The van der Waals surface area contributed by atoms with Gasteiger partial charge in [0.1, 0.15) is 7.05 Å². The van der Waals surface area contributed by atoms with Gasteiger partial charge in [-0.3, -0.25) is 0 Å². The molecule has 0 radical (unpaired) electrons. The van der Waals surface area contributed by atoms with Gasteiger partial charge < -0.3 is 4.42 Å². The van der Waals surface area contributed by atoms with Crippen molar-refractivity contribution in [1.29, 1.82) is 0 Å². The lowest BCUT2D eigenvalue weighted by atomic mass is 9.95. The van der Waals surface area contributed by atoms with Crippen molar-refractivity contribution in [2.45, 2.75) is 6.92 Å². The summed E-state index contributed by atoms with van der Waals surface area (Å²) < 4.78 is 10.8. The Morgan fingerprint density at radius 3 is 2.21 bits per heavy atom. The third-order valence-electron chi connectivity index (χ3n) is 8.88. The Kier molecular flexibility index (Phi) is 7.23. The van der Waals surface area contributed by atoms with Crippen molar-refractivity contribution in [2.75, 3.05) is 0 Å². The third-order valence-corrected chi connectivity index (χ3v) is 8.88. The van der Waals surface area contributed by atoms with Crippen LogP contribution in [0.25, 0.3) is 79.1 Å². The first kappa shape index (κ1) is 28.4. The molecule has 0 spiro atoms. The highest BCUT2D eigenvalue weighted by Gasteiger charge is 2.22. The van der Waals surface area contributed by atoms with Gasteiger partial charge in [0.15, 0.2) is 24.2 Å². The van der Waals surface area contributed by atoms with Crippen molar-refractivity contribution in [3.8, 4) is 44.8 Å². The van der Waals surface area contributed by atoms with Crippen LogP contribution in [0.5, 0.6) is 0 Å². The number of hydrogen-bond donors (Lipinski definition) is 0. The lowest BCUT2D eigenvalue weighted by molar-refractivity contribution is -0.660. The van der Waals surface area contributed by atoms with E-state index >= 15 is 0 Å². The Morgan fingerprint density at radius 1 is 0.617 bits per heavy atom. The van der Waals surface area contributed by atoms with Crippen LogP contribution >= 0.6 is 0 Å². The first-order valence-electron chi connectivity index (χ1n) is 15.8. The van der Waals surface area contributed by atoms with Gasteiger partial charge in [-0.05, 0) is 82.8 Å². The summed E-state index contributed by atoms with van der Waals surface area (Å²) in [7, 11) is 2.07. The standard InChI is InChI=1S/C43H33N3O/c1-30-19-20-35(34-15-10-14-33(28-34)31-12-4-3-5-13-31)29-38(30)39-17-7-9-26-46(39)27-23-32-21-22-36-37-16-11-24-44-43(37)47-42(36)41(32)40-18-6-8-25-45(40)2/h3-29H,1-2H3/q+2/b27-23-. The molecule has 4 aromatic heterocycles. The summed E-state index contributed by atoms with van der Waals surface area (Å²) in [5.74, 6) is 0. The number of aryl methyl sites for hydroxylation is 2. The Hall–Kier alpha value is -6.13. The maximum absolute atomic E-state index is 6.42. The number of hydrogen-bond acceptors (Lipinski definition) is 2. The Labute approximate surface area is 274 Å². The number of rotatable bonds is 6. The van der Waals surface area contributed by atoms with Gasteiger partial charge in [0.2, 0.25) is 17.1 Å². The van der Waals surface area contributed by atoms with Gasteiger partial charge in [0.05, 0.1) is 11.1 Å². The van der Waals surface area contributed by atoms with E-state index in [4.69, 9.17) is 4.42 Å². The second-order valence-corrected chi connectivity index (χ2v) is 11.8. The normalized spacial score (nSPS) is 11.5. The van der Waals surface area contributed by atoms with E-state index in [0.29, 0.717) is 5.71 Å². The molecule has 0 fully saturated rings. The molecule has 47 heavy (non-hydrogen) atoms. The summed E-state index contributed by atoms with van der Waals surface area (Å²) in [6, 6.07) is 47.0. The Bertz CT molecular complexity index is 2440. The largest absolute Gasteiger partial charge is 0.437 e. The number of benzene rings is 4. The first-order chi connectivity index (χ1) is 23.1. The molecule has 8 rings (SSSR count). The molecule has 4 aromatic carbocycles. The predicted octanol–water partition coefficient (Wildman–Crippen LogP) is 9.70. The Balaban J connectivity index is 1.23. The summed E-state index contributed by atoms with van der Waals surface area (Å²) in [6.45, 7) is 2.18. The molecule has 0 aliphatic carbocycles. The second kappa shape index (κ2) is 12.0. The van der Waals surface area contributed by atoms with Crippen LogP contribution in [0.3, 0.4) is 0 Å². The maximum Gasteiger partial charge on any atom is 0.227 e. The number of pyridine rings is 3. The van der Waals surface area contributed by atoms with Gasteiger partial charge in [-0.2, -0.15) is 4.57 Å². The van der Waals surface area contributed by atoms with Crippen LogP contribution in [-0.2, 0) is 7.05 Å². The fraction of sp³-hybridized carbons (Fsp3) is 0.0465. The summed E-state index contributed by atoms with van der Waals surface area (Å²) in [5, 5.41) is 2.07. The quantitative estimate of drug-likeness (QED) is 0.176. The maximum atomic E-state index is 6.42. The number of aromatic nitrogens is 3. The van der Waals surface area contributed by atoms with Crippen molar-refractivity contribution in [2.24, 2.45) is 7.05 Å². The van der Waals surface area contributed by atoms with E-state index in [9.17, 15) is 0 Å². The van der Waals surface area contributed by atoms with E-state index in [1.807, 2.05) is 12.1 Å². The molecule has 4 heteroatoms. The molecule has 0 saturated carbocycles. The Morgan fingerprint density at radius 2 is 1.36 bits per heavy atom. The van der Waals surface area contributed by atoms with Crippen LogP contribution < -0.4 is 9.13 Å². The third kappa shape index (κ3) is 5.30. The van der Waals surface area contributed by atoms with E-state index < -0.39 is 0 Å². The number of nitrogens with zero attached hydrogens (tertiary/aromatic N) is 3. The van der Waals surface area contributed by atoms with E-state index in [-0.39, 0.29) is 0 Å². The van der Waals surface area contributed by atoms with Crippen molar-refractivity contribution >= 4 is 34.3 Å². The molecular formula is C43H33N3O+2. The van der Waals surface area contributed by atoms with Gasteiger partial charge in [-0.1, -0.05) is 66.7 Å². The summed E-state index contributed by atoms with van der Waals surface area (Å²) in [4.78, 5) is 4.51. The molecule has 0 aliphatic rings. The lowest BCUT2D eigenvalue weighted by Crippen LogP contribution is -2.30. The summed E-state index contributed by atoms with van der Waals surface area (Å²) in [5.41, 5.74) is 13.0. The monoisotopic (exact) mass is 607 g/mol. The minimum atomic E-state index is 0.646. The minimum absolute atomic E-state index is 0.646.